The average Bonchev–Trinajstić information content (AvgIpc) is 2.58. The number of hydrogen-bond donors (Lipinski definition) is 3. The highest BCUT2D eigenvalue weighted by atomic mass is 16.5. The second-order valence-electron chi connectivity index (χ2n) is 5.69. The van der Waals surface area contributed by atoms with Gasteiger partial charge in [0.15, 0.2) is 6.04 Å². The molecule has 0 heterocycles. The molecule has 0 radical (unpaired) electrons. The first-order valence-electron chi connectivity index (χ1n) is 7.60. The zero-order valence-corrected chi connectivity index (χ0v) is 14.4. The van der Waals surface area contributed by atoms with Gasteiger partial charge in [-0.05, 0) is 50.0 Å². The van der Waals surface area contributed by atoms with Crippen LogP contribution in [0.4, 0.5) is 0 Å². The predicted octanol–water partition coefficient (Wildman–Crippen LogP) is 0.466. The lowest BCUT2D eigenvalue weighted by atomic mass is 9.98. The highest BCUT2D eigenvalue weighted by Gasteiger charge is 2.35. The van der Waals surface area contributed by atoms with Gasteiger partial charge < -0.3 is 20.3 Å². The van der Waals surface area contributed by atoms with Crippen LogP contribution in [0.1, 0.15) is 36.2 Å². The largest absolute Gasteiger partial charge is 0.467 e. The van der Waals surface area contributed by atoms with E-state index in [9.17, 15) is 14.7 Å². The summed E-state index contributed by atoms with van der Waals surface area (Å²) in [5.74, 6) is 9.49. The van der Waals surface area contributed by atoms with E-state index >= 15 is 0 Å². The Morgan fingerprint density at radius 1 is 1.24 bits per heavy atom. The molecule has 0 aliphatic rings. The third-order valence-corrected chi connectivity index (χ3v) is 3.16. The van der Waals surface area contributed by atoms with Crippen LogP contribution >= 0.6 is 0 Å². The summed E-state index contributed by atoms with van der Waals surface area (Å²) in [4.78, 5) is 24.0. The van der Waals surface area contributed by atoms with E-state index in [1.165, 1.54) is 21.0 Å². The van der Waals surface area contributed by atoms with Crippen LogP contribution in [0.25, 0.3) is 0 Å². The number of hydrogen-bond acceptors (Lipinski definition) is 5. The van der Waals surface area contributed by atoms with Gasteiger partial charge in [-0.15, -0.1) is 0 Å². The monoisotopic (exact) mass is 343 g/mol. The third kappa shape index (κ3) is 6.68. The van der Waals surface area contributed by atoms with Crippen molar-refractivity contribution in [1.82, 2.24) is 5.32 Å². The molecule has 0 fully saturated rings. The molecule has 1 atom stereocenters. The van der Waals surface area contributed by atoms with E-state index in [1.54, 1.807) is 24.3 Å². The fourth-order valence-corrected chi connectivity index (χ4v) is 1.83. The van der Waals surface area contributed by atoms with Crippen molar-refractivity contribution in [3.8, 4) is 23.7 Å². The Bertz CT molecular complexity index is 724. The molecule has 0 aromatic heterocycles. The van der Waals surface area contributed by atoms with Crippen molar-refractivity contribution in [2.75, 3.05) is 13.7 Å². The second kappa shape index (κ2) is 9.48. The van der Waals surface area contributed by atoms with Gasteiger partial charge in [-0.1, -0.05) is 11.8 Å². The van der Waals surface area contributed by atoms with Gasteiger partial charge in [0.2, 0.25) is 0 Å². The number of carbonyl (C=O) groups excluding carboxylic acids is 2. The Hall–Kier alpha value is -2.80. The van der Waals surface area contributed by atoms with Crippen LogP contribution in [0.5, 0.6) is 0 Å². The molecule has 0 unspecified atom stereocenters. The lowest BCUT2D eigenvalue weighted by molar-refractivity contribution is -0.148. The Kier molecular flexibility index (Phi) is 7.68. The maximum Gasteiger partial charge on any atom is 0.331 e. The van der Waals surface area contributed by atoms with Gasteiger partial charge in [-0.25, -0.2) is 4.79 Å². The van der Waals surface area contributed by atoms with Crippen LogP contribution in [0.3, 0.4) is 0 Å². The zero-order chi connectivity index (χ0) is 18.9. The summed E-state index contributed by atoms with van der Waals surface area (Å²) in [6.45, 7) is 2.81. The molecule has 132 valence electrons. The number of benzene rings is 1. The number of carbonyl (C=O) groups is 2. The van der Waals surface area contributed by atoms with Gasteiger partial charge in [-0.3, -0.25) is 4.79 Å². The molecule has 1 rings (SSSR count). The maximum atomic E-state index is 12.3. The van der Waals surface area contributed by atoms with Gasteiger partial charge in [-0.2, -0.15) is 0 Å². The molecule has 0 saturated carbocycles. The number of ether oxygens (including phenoxy) is 1. The number of nitrogens with one attached hydrogen (secondary N) is 1. The molecule has 0 spiro atoms. The average molecular weight is 343 g/mol. The molecule has 3 N–H and O–H groups in total. The van der Waals surface area contributed by atoms with Crippen LogP contribution in [0.2, 0.25) is 0 Å². The summed E-state index contributed by atoms with van der Waals surface area (Å²) in [5, 5.41) is 21.1. The molecule has 1 aromatic rings. The molecular formula is C19H21NO5. The van der Waals surface area contributed by atoms with Crippen LogP contribution in [-0.2, 0) is 9.53 Å². The molecule has 0 saturated heterocycles. The predicted molar refractivity (Wildman–Crippen MR) is 92.4 cm³/mol. The number of aliphatic hydroxyl groups excluding tert-OH is 1. The summed E-state index contributed by atoms with van der Waals surface area (Å²) in [6.07, 6.45) is 0.371. The number of rotatable bonds is 5. The topological polar surface area (TPSA) is 95.9 Å². The molecule has 1 amide bonds. The van der Waals surface area contributed by atoms with Gasteiger partial charge in [0.25, 0.3) is 5.91 Å². The van der Waals surface area contributed by atoms with Gasteiger partial charge >= 0.3 is 5.97 Å². The van der Waals surface area contributed by atoms with E-state index in [2.05, 4.69) is 33.7 Å². The van der Waals surface area contributed by atoms with E-state index in [4.69, 9.17) is 5.11 Å². The van der Waals surface area contributed by atoms with E-state index in [1.807, 2.05) is 0 Å². The Balaban J connectivity index is 2.83. The summed E-state index contributed by atoms with van der Waals surface area (Å²) >= 11 is 0. The van der Waals surface area contributed by atoms with Crippen molar-refractivity contribution in [2.45, 2.75) is 31.9 Å². The van der Waals surface area contributed by atoms with Gasteiger partial charge in [0, 0.05) is 17.5 Å². The minimum atomic E-state index is -1.47. The van der Waals surface area contributed by atoms with E-state index < -0.39 is 23.5 Å². The third-order valence-electron chi connectivity index (χ3n) is 3.16. The Labute approximate surface area is 147 Å². The van der Waals surface area contributed by atoms with E-state index in [0.29, 0.717) is 17.5 Å². The van der Waals surface area contributed by atoms with Crippen molar-refractivity contribution < 1.29 is 24.5 Å². The Morgan fingerprint density at radius 3 is 2.40 bits per heavy atom. The fourth-order valence-electron chi connectivity index (χ4n) is 1.83. The van der Waals surface area contributed by atoms with Crippen molar-refractivity contribution >= 4 is 11.9 Å². The maximum absolute atomic E-state index is 12.3. The lowest BCUT2D eigenvalue weighted by Gasteiger charge is -2.27. The highest BCUT2D eigenvalue weighted by molar-refractivity contribution is 5.97. The Morgan fingerprint density at radius 2 is 1.88 bits per heavy atom. The SMILES string of the molecule is COC(=O)[C@@H](NC(=O)c1ccc(C#CC#CCCO)cc1)C(C)(C)O. The van der Waals surface area contributed by atoms with Crippen molar-refractivity contribution in [3.05, 3.63) is 35.4 Å². The fraction of sp³-hybridized carbons (Fsp3) is 0.368. The first-order chi connectivity index (χ1) is 11.8. The molecule has 25 heavy (non-hydrogen) atoms. The van der Waals surface area contributed by atoms with Gasteiger partial charge in [0.05, 0.1) is 19.3 Å². The number of esters is 1. The van der Waals surface area contributed by atoms with Crippen molar-refractivity contribution in [2.24, 2.45) is 0 Å². The highest BCUT2D eigenvalue weighted by Crippen LogP contribution is 2.12. The molecule has 0 aliphatic heterocycles. The zero-order valence-electron chi connectivity index (χ0n) is 14.4. The molecule has 0 bridgehead atoms. The second-order valence-corrected chi connectivity index (χ2v) is 5.69. The first kappa shape index (κ1) is 20.2. The normalized spacial score (nSPS) is 11.2. The molecule has 1 aromatic carbocycles. The van der Waals surface area contributed by atoms with E-state index in [-0.39, 0.29) is 6.61 Å². The van der Waals surface area contributed by atoms with Crippen LogP contribution in [-0.4, -0.2) is 47.4 Å². The molecule has 6 nitrogen and oxygen atoms in total. The summed E-state index contributed by atoms with van der Waals surface area (Å²) in [5.41, 5.74) is -0.488. The summed E-state index contributed by atoms with van der Waals surface area (Å²) in [6, 6.07) is 5.21. The smallest absolute Gasteiger partial charge is 0.331 e. The summed E-state index contributed by atoms with van der Waals surface area (Å²) in [7, 11) is 1.18. The lowest BCUT2D eigenvalue weighted by Crippen LogP contribution is -2.54. The summed E-state index contributed by atoms with van der Waals surface area (Å²) < 4.78 is 4.61. The minimum Gasteiger partial charge on any atom is -0.467 e. The van der Waals surface area contributed by atoms with Crippen LogP contribution < -0.4 is 5.32 Å². The number of aliphatic hydroxyl groups is 2. The quantitative estimate of drug-likeness (QED) is 0.533. The molecular weight excluding hydrogens is 322 g/mol. The molecule has 6 heteroatoms. The number of amides is 1. The standard InChI is InChI=1S/C19H21NO5/c1-19(2,24)16(18(23)25-3)20-17(22)15-11-9-14(10-12-15)8-6-4-5-7-13-21/h9-12,16,21,24H,7,13H2,1-3H3,(H,20,22)/t16-/m1/s1. The van der Waals surface area contributed by atoms with Crippen molar-refractivity contribution in [1.29, 1.82) is 0 Å². The van der Waals surface area contributed by atoms with E-state index in [0.717, 1.165) is 0 Å². The van der Waals surface area contributed by atoms with Crippen molar-refractivity contribution in [3.63, 3.8) is 0 Å². The molecule has 0 aliphatic carbocycles. The van der Waals surface area contributed by atoms with Crippen LogP contribution in [0, 0.1) is 23.7 Å². The first-order valence-corrected chi connectivity index (χ1v) is 7.60. The van der Waals surface area contributed by atoms with Crippen LogP contribution in [0.15, 0.2) is 24.3 Å². The number of methoxy groups -OCH3 is 1. The minimum absolute atomic E-state index is 0.00426. The van der Waals surface area contributed by atoms with Gasteiger partial charge in [0.1, 0.15) is 0 Å².